The number of hydrogen-bond acceptors (Lipinski definition) is 7. The van der Waals surface area contributed by atoms with Gasteiger partial charge in [-0.25, -0.2) is 14.8 Å². The lowest BCUT2D eigenvalue weighted by atomic mass is 10.2. The summed E-state index contributed by atoms with van der Waals surface area (Å²) < 4.78 is 24.3. The van der Waals surface area contributed by atoms with Crippen molar-refractivity contribution < 1.29 is 13.9 Å². The van der Waals surface area contributed by atoms with E-state index in [1.807, 2.05) is 29.2 Å². The van der Waals surface area contributed by atoms with E-state index in [4.69, 9.17) is 9.47 Å². The molecule has 0 amide bonds. The molecule has 26 heavy (non-hydrogen) atoms. The predicted octanol–water partition coefficient (Wildman–Crippen LogP) is 2.69. The van der Waals surface area contributed by atoms with Gasteiger partial charge in [0, 0.05) is 20.2 Å². The van der Waals surface area contributed by atoms with Gasteiger partial charge in [0.05, 0.1) is 19.0 Å². The Morgan fingerprint density at radius 1 is 1.23 bits per heavy atom. The number of aromatic nitrogens is 2. The topological polar surface area (TPSA) is 71.9 Å². The van der Waals surface area contributed by atoms with Gasteiger partial charge in [0.2, 0.25) is 5.95 Å². The Balaban J connectivity index is 1.57. The molecule has 138 valence electrons. The lowest BCUT2D eigenvalue weighted by Gasteiger charge is -2.16. The van der Waals surface area contributed by atoms with Crippen LogP contribution in [0.2, 0.25) is 0 Å². The maximum atomic E-state index is 13.9. The fourth-order valence-electron chi connectivity index (χ4n) is 2.62. The Labute approximate surface area is 151 Å². The summed E-state index contributed by atoms with van der Waals surface area (Å²) in [6, 6.07) is 7.48. The molecule has 1 aliphatic heterocycles. The van der Waals surface area contributed by atoms with Crippen molar-refractivity contribution in [2.24, 2.45) is 5.10 Å². The van der Waals surface area contributed by atoms with Crippen LogP contribution in [0.25, 0.3) is 0 Å². The minimum atomic E-state index is -0.412. The van der Waals surface area contributed by atoms with Crippen molar-refractivity contribution >= 4 is 18.0 Å². The maximum absolute atomic E-state index is 13.9. The second kappa shape index (κ2) is 9.10. The van der Waals surface area contributed by atoms with E-state index in [1.54, 1.807) is 13.3 Å². The molecular weight excluding hydrogens is 337 g/mol. The monoisotopic (exact) mass is 359 g/mol. The van der Waals surface area contributed by atoms with Gasteiger partial charge in [0.1, 0.15) is 12.4 Å². The van der Waals surface area contributed by atoms with Crippen LogP contribution in [0.4, 0.5) is 16.2 Å². The number of hydrazone groups is 1. The van der Waals surface area contributed by atoms with Crippen LogP contribution in [-0.2, 0) is 4.74 Å². The SMILES string of the molecule is COCCOc1ccc(C=NNc2ncc(F)c(N3CCCC3)n2)cc1. The molecule has 1 saturated heterocycles. The van der Waals surface area contributed by atoms with E-state index in [1.165, 1.54) is 6.20 Å². The highest BCUT2D eigenvalue weighted by molar-refractivity contribution is 5.80. The van der Waals surface area contributed by atoms with Crippen molar-refractivity contribution in [1.82, 2.24) is 9.97 Å². The second-order valence-corrected chi connectivity index (χ2v) is 5.84. The number of hydrogen-bond donors (Lipinski definition) is 1. The Hall–Kier alpha value is -2.74. The van der Waals surface area contributed by atoms with Crippen LogP contribution >= 0.6 is 0 Å². The largest absolute Gasteiger partial charge is 0.491 e. The van der Waals surface area contributed by atoms with Gasteiger partial charge in [-0.15, -0.1) is 0 Å². The number of benzene rings is 1. The number of nitrogens with one attached hydrogen (secondary N) is 1. The molecule has 2 aromatic rings. The molecule has 1 N–H and O–H groups in total. The Morgan fingerprint density at radius 3 is 2.73 bits per heavy atom. The van der Waals surface area contributed by atoms with E-state index in [2.05, 4.69) is 20.5 Å². The average Bonchev–Trinajstić information content (AvgIpc) is 3.19. The molecule has 3 rings (SSSR count). The van der Waals surface area contributed by atoms with Gasteiger partial charge >= 0.3 is 0 Å². The zero-order valence-electron chi connectivity index (χ0n) is 14.7. The minimum Gasteiger partial charge on any atom is -0.491 e. The molecule has 1 aromatic heterocycles. The van der Waals surface area contributed by atoms with E-state index in [9.17, 15) is 4.39 Å². The molecule has 0 spiro atoms. The zero-order valence-corrected chi connectivity index (χ0v) is 14.7. The third kappa shape index (κ3) is 4.89. The maximum Gasteiger partial charge on any atom is 0.245 e. The zero-order chi connectivity index (χ0) is 18.2. The molecule has 0 atom stereocenters. The molecule has 2 heterocycles. The molecule has 8 heteroatoms. The first kappa shape index (κ1) is 18.1. The first-order chi connectivity index (χ1) is 12.8. The first-order valence-electron chi connectivity index (χ1n) is 8.54. The van der Waals surface area contributed by atoms with E-state index >= 15 is 0 Å². The summed E-state index contributed by atoms with van der Waals surface area (Å²) in [5.74, 6) is 0.951. The van der Waals surface area contributed by atoms with Gasteiger partial charge in [-0.2, -0.15) is 10.1 Å². The van der Waals surface area contributed by atoms with Crippen LogP contribution in [0.1, 0.15) is 18.4 Å². The smallest absolute Gasteiger partial charge is 0.245 e. The first-order valence-corrected chi connectivity index (χ1v) is 8.54. The van der Waals surface area contributed by atoms with Gasteiger partial charge in [-0.05, 0) is 42.7 Å². The highest BCUT2D eigenvalue weighted by Crippen LogP contribution is 2.21. The van der Waals surface area contributed by atoms with Gasteiger partial charge in [0.15, 0.2) is 11.6 Å². The highest BCUT2D eigenvalue weighted by atomic mass is 19.1. The molecule has 1 fully saturated rings. The lowest BCUT2D eigenvalue weighted by molar-refractivity contribution is 0.146. The summed E-state index contributed by atoms with van der Waals surface area (Å²) >= 11 is 0. The van der Waals surface area contributed by atoms with E-state index in [0.717, 1.165) is 37.2 Å². The van der Waals surface area contributed by atoms with Crippen LogP contribution in [0.5, 0.6) is 5.75 Å². The van der Waals surface area contributed by atoms with E-state index in [0.29, 0.717) is 19.0 Å². The molecule has 7 nitrogen and oxygen atoms in total. The molecule has 0 saturated carbocycles. The average molecular weight is 359 g/mol. The number of rotatable bonds is 8. The molecule has 0 radical (unpaired) electrons. The van der Waals surface area contributed by atoms with E-state index in [-0.39, 0.29) is 5.95 Å². The normalized spacial score (nSPS) is 14.2. The second-order valence-electron chi connectivity index (χ2n) is 5.84. The predicted molar refractivity (Wildman–Crippen MR) is 98.5 cm³/mol. The number of halogens is 1. The summed E-state index contributed by atoms with van der Waals surface area (Å²) in [7, 11) is 1.63. The number of ether oxygens (including phenoxy) is 2. The van der Waals surface area contributed by atoms with Crippen molar-refractivity contribution in [2.45, 2.75) is 12.8 Å². The number of anilines is 2. The summed E-state index contributed by atoms with van der Waals surface area (Å²) in [6.45, 7) is 2.68. The van der Waals surface area contributed by atoms with Gasteiger partial charge < -0.3 is 14.4 Å². The lowest BCUT2D eigenvalue weighted by Crippen LogP contribution is -2.21. The van der Waals surface area contributed by atoms with Crippen molar-refractivity contribution in [2.75, 3.05) is 43.7 Å². The third-order valence-electron chi connectivity index (χ3n) is 3.95. The molecule has 0 bridgehead atoms. The molecule has 1 aromatic carbocycles. The minimum absolute atomic E-state index is 0.268. The van der Waals surface area contributed by atoms with E-state index < -0.39 is 5.82 Å². The number of nitrogens with zero attached hydrogens (tertiary/aromatic N) is 4. The van der Waals surface area contributed by atoms with Crippen molar-refractivity contribution in [3.8, 4) is 5.75 Å². The fourth-order valence-corrected chi connectivity index (χ4v) is 2.62. The molecule has 1 aliphatic rings. The molecular formula is C18H22FN5O2. The quantitative estimate of drug-likeness (QED) is 0.444. The summed E-state index contributed by atoms with van der Waals surface area (Å²) in [6.07, 6.45) is 4.91. The van der Waals surface area contributed by atoms with Crippen molar-refractivity contribution in [3.05, 3.63) is 41.8 Å². The van der Waals surface area contributed by atoms with Crippen molar-refractivity contribution in [3.63, 3.8) is 0 Å². The third-order valence-corrected chi connectivity index (χ3v) is 3.95. The van der Waals surface area contributed by atoms with Gasteiger partial charge in [-0.1, -0.05) is 0 Å². The number of methoxy groups -OCH3 is 1. The summed E-state index contributed by atoms with van der Waals surface area (Å²) in [4.78, 5) is 10.1. The summed E-state index contributed by atoms with van der Waals surface area (Å²) in [5, 5.41) is 4.11. The summed E-state index contributed by atoms with van der Waals surface area (Å²) in [5.41, 5.74) is 3.63. The van der Waals surface area contributed by atoms with Crippen molar-refractivity contribution in [1.29, 1.82) is 0 Å². The molecule has 0 aliphatic carbocycles. The molecule has 0 unspecified atom stereocenters. The van der Waals surface area contributed by atoms with Gasteiger partial charge in [-0.3, -0.25) is 0 Å². The Bertz CT molecular complexity index is 733. The fraction of sp³-hybridized carbons (Fsp3) is 0.389. The van der Waals surface area contributed by atoms with Crippen LogP contribution in [0, 0.1) is 5.82 Å². The van der Waals surface area contributed by atoms with Crippen LogP contribution in [-0.4, -0.2) is 49.6 Å². The highest BCUT2D eigenvalue weighted by Gasteiger charge is 2.18. The Kier molecular flexibility index (Phi) is 6.32. The Morgan fingerprint density at radius 2 is 2.00 bits per heavy atom. The standard InChI is InChI=1S/C18H22FN5O2/c1-25-10-11-26-15-6-4-14(5-7-15)12-21-23-18-20-13-16(19)17(22-18)24-8-2-3-9-24/h4-7,12-13H,2-3,8-11H2,1H3,(H,20,22,23). The van der Waals surface area contributed by atoms with Crippen LogP contribution in [0.3, 0.4) is 0 Å². The van der Waals surface area contributed by atoms with Crippen LogP contribution in [0.15, 0.2) is 35.6 Å². The van der Waals surface area contributed by atoms with Crippen LogP contribution < -0.4 is 15.1 Å². The van der Waals surface area contributed by atoms with Gasteiger partial charge in [0.25, 0.3) is 0 Å².